The molecule has 0 heterocycles. The van der Waals surface area contributed by atoms with E-state index in [1.165, 1.54) is 25.7 Å². The second-order valence-corrected chi connectivity index (χ2v) is 4.33. The van der Waals surface area contributed by atoms with Crippen LogP contribution in [0.3, 0.4) is 0 Å². The molecule has 2 aliphatic rings. The van der Waals surface area contributed by atoms with Crippen LogP contribution in [0, 0.1) is 11.8 Å². The highest BCUT2D eigenvalue weighted by Gasteiger charge is 2.50. The van der Waals surface area contributed by atoms with Crippen LogP contribution in [0.2, 0.25) is 0 Å². The number of hydrogen-bond acceptors (Lipinski definition) is 1. The first-order valence-corrected chi connectivity index (χ1v) is 5.21. The van der Waals surface area contributed by atoms with Gasteiger partial charge in [0.25, 0.3) is 0 Å². The molecule has 0 aromatic heterocycles. The lowest BCUT2D eigenvalue weighted by Crippen LogP contribution is -2.27. The van der Waals surface area contributed by atoms with Crippen molar-refractivity contribution in [2.24, 2.45) is 11.8 Å². The molecular formula is C11H19N. The second kappa shape index (κ2) is 3.21. The summed E-state index contributed by atoms with van der Waals surface area (Å²) >= 11 is 0. The molecular weight excluding hydrogens is 146 g/mol. The molecule has 0 saturated heterocycles. The van der Waals surface area contributed by atoms with Crippen molar-refractivity contribution in [2.45, 2.75) is 44.7 Å². The van der Waals surface area contributed by atoms with Gasteiger partial charge in [0.15, 0.2) is 0 Å². The Hall–Kier alpha value is -0.300. The van der Waals surface area contributed by atoms with Gasteiger partial charge < -0.3 is 5.32 Å². The van der Waals surface area contributed by atoms with Crippen LogP contribution in [0.25, 0.3) is 0 Å². The molecule has 0 aromatic carbocycles. The van der Waals surface area contributed by atoms with E-state index < -0.39 is 0 Å². The Morgan fingerprint density at radius 3 is 2.42 bits per heavy atom. The largest absolute Gasteiger partial charge is 0.307 e. The third-order valence-electron chi connectivity index (χ3n) is 3.47. The molecule has 68 valence electrons. The lowest BCUT2D eigenvalue weighted by Gasteiger charge is -2.07. The normalized spacial score (nSPS) is 41.6. The van der Waals surface area contributed by atoms with Gasteiger partial charge >= 0.3 is 0 Å². The van der Waals surface area contributed by atoms with Crippen molar-refractivity contribution in [1.82, 2.24) is 5.32 Å². The summed E-state index contributed by atoms with van der Waals surface area (Å²) in [5.74, 6) is 2.03. The molecule has 2 rings (SSSR count). The van der Waals surface area contributed by atoms with E-state index in [4.69, 9.17) is 0 Å². The van der Waals surface area contributed by atoms with Crippen LogP contribution in [0.15, 0.2) is 12.7 Å². The van der Waals surface area contributed by atoms with Crippen molar-refractivity contribution in [3.8, 4) is 0 Å². The standard InChI is InChI=1S/C11H19N/c1-3-8(2)12-11-9-6-4-5-7-10(9)11/h3,8-12H,1,4-7H2,2H3. The minimum absolute atomic E-state index is 0.501. The molecule has 0 amide bonds. The van der Waals surface area contributed by atoms with Crippen LogP contribution < -0.4 is 5.32 Å². The van der Waals surface area contributed by atoms with E-state index in [-0.39, 0.29) is 0 Å². The Bertz CT molecular complexity index is 164. The lowest BCUT2D eigenvalue weighted by molar-refractivity contribution is 0.480. The van der Waals surface area contributed by atoms with E-state index in [0.29, 0.717) is 6.04 Å². The molecule has 0 aliphatic heterocycles. The Kier molecular flexibility index (Phi) is 2.22. The summed E-state index contributed by atoms with van der Waals surface area (Å²) in [5, 5.41) is 3.63. The summed E-state index contributed by atoms with van der Waals surface area (Å²) in [6, 6.07) is 1.33. The van der Waals surface area contributed by atoms with E-state index in [2.05, 4.69) is 18.8 Å². The summed E-state index contributed by atoms with van der Waals surface area (Å²) < 4.78 is 0. The van der Waals surface area contributed by atoms with Crippen molar-refractivity contribution in [1.29, 1.82) is 0 Å². The van der Waals surface area contributed by atoms with Gasteiger partial charge in [-0.2, -0.15) is 0 Å². The quantitative estimate of drug-likeness (QED) is 0.633. The molecule has 3 unspecified atom stereocenters. The van der Waals surface area contributed by atoms with Crippen molar-refractivity contribution in [2.75, 3.05) is 0 Å². The van der Waals surface area contributed by atoms with E-state index in [0.717, 1.165) is 17.9 Å². The van der Waals surface area contributed by atoms with Crippen molar-refractivity contribution >= 4 is 0 Å². The number of nitrogens with one attached hydrogen (secondary N) is 1. The van der Waals surface area contributed by atoms with E-state index in [9.17, 15) is 0 Å². The minimum Gasteiger partial charge on any atom is -0.307 e. The van der Waals surface area contributed by atoms with Gasteiger partial charge in [0, 0.05) is 12.1 Å². The number of fused-ring (bicyclic) bond motifs is 1. The Morgan fingerprint density at radius 2 is 1.92 bits per heavy atom. The average molecular weight is 165 g/mol. The van der Waals surface area contributed by atoms with Crippen LogP contribution in [-0.2, 0) is 0 Å². The SMILES string of the molecule is C=CC(C)NC1C2CCCCC21. The maximum atomic E-state index is 3.80. The van der Waals surface area contributed by atoms with Crippen LogP contribution in [0.1, 0.15) is 32.6 Å². The Balaban J connectivity index is 1.80. The van der Waals surface area contributed by atoms with Gasteiger partial charge in [-0.1, -0.05) is 18.9 Å². The van der Waals surface area contributed by atoms with Crippen LogP contribution in [0.4, 0.5) is 0 Å². The first kappa shape index (κ1) is 8.31. The van der Waals surface area contributed by atoms with Gasteiger partial charge in [0.1, 0.15) is 0 Å². The fraction of sp³-hybridized carbons (Fsp3) is 0.818. The lowest BCUT2D eigenvalue weighted by atomic mass is 10.0. The molecule has 2 fully saturated rings. The van der Waals surface area contributed by atoms with E-state index in [1.54, 1.807) is 0 Å². The molecule has 2 aliphatic carbocycles. The first-order chi connectivity index (χ1) is 5.83. The van der Waals surface area contributed by atoms with Gasteiger partial charge in [-0.15, -0.1) is 6.58 Å². The van der Waals surface area contributed by atoms with Gasteiger partial charge in [0.05, 0.1) is 0 Å². The van der Waals surface area contributed by atoms with Crippen LogP contribution in [-0.4, -0.2) is 12.1 Å². The fourth-order valence-corrected chi connectivity index (χ4v) is 2.61. The molecule has 1 nitrogen and oxygen atoms in total. The maximum absolute atomic E-state index is 3.80. The zero-order valence-electron chi connectivity index (χ0n) is 7.92. The van der Waals surface area contributed by atoms with Crippen molar-refractivity contribution in [3.63, 3.8) is 0 Å². The smallest absolute Gasteiger partial charge is 0.0221 e. The highest BCUT2D eigenvalue weighted by molar-refractivity contribution is 5.06. The van der Waals surface area contributed by atoms with E-state index in [1.807, 2.05) is 6.08 Å². The highest BCUT2D eigenvalue weighted by Crippen LogP contribution is 2.49. The predicted molar refractivity (Wildman–Crippen MR) is 52.0 cm³/mol. The van der Waals surface area contributed by atoms with Crippen molar-refractivity contribution < 1.29 is 0 Å². The average Bonchev–Trinajstić information content (AvgIpc) is 2.80. The van der Waals surface area contributed by atoms with Crippen molar-refractivity contribution in [3.05, 3.63) is 12.7 Å². The molecule has 0 radical (unpaired) electrons. The van der Waals surface area contributed by atoms with Gasteiger partial charge in [-0.3, -0.25) is 0 Å². The third kappa shape index (κ3) is 1.42. The summed E-state index contributed by atoms with van der Waals surface area (Å²) in [5.41, 5.74) is 0. The predicted octanol–water partition coefficient (Wildman–Crippen LogP) is 2.34. The van der Waals surface area contributed by atoms with E-state index >= 15 is 0 Å². The first-order valence-electron chi connectivity index (χ1n) is 5.21. The molecule has 3 atom stereocenters. The molecule has 0 bridgehead atoms. The minimum atomic E-state index is 0.501. The molecule has 0 aromatic rings. The monoisotopic (exact) mass is 165 g/mol. The fourth-order valence-electron chi connectivity index (χ4n) is 2.61. The molecule has 1 N–H and O–H groups in total. The van der Waals surface area contributed by atoms with Crippen LogP contribution in [0.5, 0.6) is 0 Å². The molecule has 2 saturated carbocycles. The summed E-state index contributed by atoms with van der Waals surface area (Å²) in [4.78, 5) is 0. The number of hydrogen-bond donors (Lipinski definition) is 1. The Labute approximate surface area is 75.2 Å². The topological polar surface area (TPSA) is 12.0 Å². The van der Waals surface area contributed by atoms with Gasteiger partial charge in [0.2, 0.25) is 0 Å². The second-order valence-electron chi connectivity index (χ2n) is 4.33. The molecule has 0 spiro atoms. The molecule has 1 heteroatoms. The van der Waals surface area contributed by atoms with Gasteiger partial charge in [-0.05, 0) is 31.6 Å². The summed E-state index contributed by atoms with van der Waals surface area (Å²) in [6.07, 6.45) is 7.85. The zero-order chi connectivity index (χ0) is 8.55. The maximum Gasteiger partial charge on any atom is 0.0221 e. The van der Waals surface area contributed by atoms with Crippen LogP contribution >= 0.6 is 0 Å². The summed E-state index contributed by atoms with van der Waals surface area (Å²) in [7, 11) is 0. The Morgan fingerprint density at radius 1 is 1.33 bits per heavy atom. The molecule has 12 heavy (non-hydrogen) atoms. The highest BCUT2D eigenvalue weighted by atomic mass is 15.0. The number of rotatable bonds is 3. The summed E-state index contributed by atoms with van der Waals surface area (Å²) in [6.45, 7) is 5.99. The van der Waals surface area contributed by atoms with Gasteiger partial charge in [-0.25, -0.2) is 0 Å². The third-order valence-corrected chi connectivity index (χ3v) is 3.47. The zero-order valence-corrected chi connectivity index (χ0v) is 7.92.